The molecule has 1 heterocycles. The van der Waals surface area contributed by atoms with E-state index >= 15 is 0 Å². The fourth-order valence-corrected chi connectivity index (χ4v) is 3.17. The number of hydrogen-bond acceptors (Lipinski definition) is 4. The highest BCUT2D eigenvalue weighted by molar-refractivity contribution is 6.10. The maximum Gasteiger partial charge on any atom is 0.258 e. The van der Waals surface area contributed by atoms with Gasteiger partial charge in [-0.2, -0.15) is 0 Å². The third kappa shape index (κ3) is 6.42. The van der Waals surface area contributed by atoms with Crippen LogP contribution < -0.4 is 16.0 Å². The lowest BCUT2D eigenvalue weighted by atomic mass is 10.1. The number of ether oxygens (including phenoxy) is 1. The Morgan fingerprint density at radius 1 is 1.10 bits per heavy atom. The summed E-state index contributed by atoms with van der Waals surface area (Å²) in [6, 6.07) is 14.8. The fourth-order valence-electron chi connectivity index (χ4n) is 3.17. The molecule has 30 heavy (non-hydrogen) atoms. The normalized spacial score (nSPS) is 16.2. The van der Waals surface area contributed by atoms with Gasteiger partial charge in [0.2, 0.25) is 11.9 Å². The third-order valence-electron chi connectivity index (χ3n) is 4.78. The largest absolute Gasteiger partial charge is 0.376 e. The van der Waals surface area contributed by atoms with Crippen LogP contribution in [-0.2, 0) is 16.0 Å². The third-order valence-corrected chi connectivity index (χ3v) is 4.78. The van der Waals surface area contributed by atoms with Gasteiger partial charge in [-0.25, -0.2) is 4.99 Å². The Hall–Kier alpha value is -3.19. The Labute approximate surface area is 176 Å². The molecular formula is C23H28N4O3. The Kier molecular flexibility index (Phi) is 7.57. The maximum atomic E-state index is 12.8. The Balaban J connectivity index is 1.74. The monoisotopic (exact) mass is 408 g/mol. The molecule has 1 saturated heterocycles. The molecule has 0 unspecified atom stereocenters. The first-order chi connectivity index (χ1) is 14.5. The molecule has 0 bridgehead atoms. The van der Waals surface area contributed by atoms with Gasteiger partial charge in [-0.1, -0.05) is 25.1 Å². The van der Waals surface area contributed by atoms with E-state index in [0.29, 0.717) is 23.8 Å². The summed E-state index contributed by atoms with van der Waals surface area (Å²) in [5.74, 6) is -0.140. The molecule has 0 aliphatic carbocycles. The highest BCUT2D eigenvalue weighted by atomic mass is 16.5. The number of guanidine groups is 1. The van der Waals surface area contributed by atoms with Crippen LogP contribution in [0.4, 0.5) is 11.4 Å². The molecule has 1 aliphatic rings. The van der Waals surface area contributed by atoms with Gasteiger partial charge in [-0.05, 0) is 55.2 Å². The van der Waals surface area contributed by atoms with E-state index in [1.807, 2.05) is 24.3 Å². The minimum atomic E-state index is -0.314. The summed E-state index contributed by atoms with van der Waals surface area (Å²) in [5.41, 5.74) is 3.06. The van der Waals surface area contributed by atoms with E-state index in [9.17, 15) is 9.59 Å². The number of carbonyl (C=O) groups excluding carboxylic acids is 2. The molecular weight excluding hydrogens is 380 g/mol. The minimum Gasteiger partial charge on any atom is -0.376 e. The van der Waals surface area contributed by atoms with Crippen molar-refractivity contribution in [1.82, 2.24) is 5.32 Å². The second-order valence-electron chi connectivity index (χ2n) is 7.22. The van der Waals surface area contributed by atoms with E-state index in [-0.39, 0.29) is 17.9 Å². The van der Waals surface area contributed by atoms with Crippen LogP contribution in [-0.4, -0.2) is 37.0 Å². The maximum absolute atomic E-state index is 12.8. The van der Waals surface area contributed by atoms with Crippen molar-refractivity contribution in [2.75, 3.05) is 23.8 Å². The minimum absolute atomic E-state index is 0.0734. The fraction of sp³-hybridized carbons (Fsp3) is 0.348. The molecule has 0 aromatic heterocycles. The molecule has 2 aromatic rings. The topological polar surface area (TPSA) is 91.8 Å². The zero-order valence-corrected chi connectivity index (χ0v) is 17.4. The molecule has 7 nitrogen and oxygen atoms in total. The van der Waals surface area contributed by atoms with Gasteiger partial charge in [0.15, 0.2) is 0 Å². The number of anilines is 2. The average molecular weight is 409 g/mol. The number of hydrogen-bond donors (Lipinski definition) is 3. The predicted molar refractivity (Wildman–Crippen MR) is 119 cm³/mol. The molecule has 3 rings (SSSR count). The quantitative estimate of drug-likeness (QED) is 0.503. The van der Waals surface area contributed by atoms with Crippen LogP contribution in [0, 0.1) is 0 Å². The van der Waals surface area contributed by atoms with E-state index in [0.717, 1.165) is 31.6 Å². The zero-order chi connectivity index (χ0) is 21.3. The molecule has 0 radical (unpaired) electrons. The molecule has 2 aromatic carbocycles. The Morgan fingerprint density at radius 2 is 1.90 bits per heavy atom. The zero-order valence-electron chi connectivity index (χ0n) is 17.4. The van der Waals surface area contributed by atoms with Gasteiger partial charge in [-0.15, -0.1) is 0 Å². The number of aryl methyl sites for hydroxylation is 1. The van der Waals surface area contributed by atoms with E-state index in [2.05, 4.69) is 27.9 Å². The lowest BCUT2D eigenvalue weighted by Crippen LogP contribution is -2.36. The van der Waals surface area contributed by atoms with Gasteiger partial charge in [-0.3, -0.25) is 14.9 Å². The van der Waals surface area contributed by atoms with Crippen LogP contribution in [0.1, 0.15) is 42.6 Å². The molecule has 7 heteroatoms. The predicted octanol–water partition coefficient (Wildman–Crippen LogP) is 3.58. The first-order valence-corrected chi connectivity index (χ1v) is 10.2. The second kappa shape index (κ2) is 10.5. The molecule has 158 valence electrons. The van der Waals surface area contributed by atoms with Crippen LogP contribution in [0.25, 0.3) is 0 Å². The lowest BCUT2D eigenvalue weighted by Gasteiger charge is -2.14. The van der Waals surface area contributed by atoms with Gasteiger partial charge < -0.3 is 15.4 Å². The Bertz CT molecular complexity index is 903. The van der Waals surface area contributed by atoms with Gasteiger partial charge in [0, 0.05) is 30.5 Å². The summed E-state index contributed by atoms with van der Waals surface area (Å²) in [5, 5.41) is 8.73. The number of aliphatic imine (C=N–C) groups is 1. The van der Waals surface area contributed by atoms with Crippen LogP contribution >= 0.6 is 0 Å². The average Bonchev–Trinajstić information content (AvgIpc) is 3.26. The first-order valence-electron chi connectivity index (χ1n) is 10.2. The summed E-state index contributed by atoms with van der Waals surface area (Å²) in [4.78, 5) is 28.6. The van der Waals surface area contributed by atoms with Gasteiger partial charge in [0.05, 0.1) is 12.6 Å². The van der Waals surface area contributed by atoms with E-state index in [4.69, 9.17) is 4.74 Å². The highest BCUT2D eigenvalue weighted by Crippen LogP contribution is 2.14. The van der Waals surface area contributed by atoms with E-state index < -0.39 is 0 Å². The number of nitrogens with zero attached hydrogens (tertiary/aromatic N) is 1. The van der Waals surface area contributed by atoms with Crippen molar-refractivity contribution >= 4 is 29.1 Å². The van der Waals surface area contributed by atoms with Crippen LogP contribution in [0.5, 0.6) is 0 Å². The van der Waals surface area contributed by atoms with Gasteiger partial charge in [0.1, 0.15) is 0 Å². The lowest BCUT2D eigenvalue weighted by molar-refractivity contribution is -0.114. The summed E-state index contributed by atoms with van der Waals surface area (Å²) >= 11 is 0. The van der Waals surface area contributed by atoms with Crippen molar-refractivity contribution in [2.45, 2.75) is 39.2 Å². The van der Waals surface area contributed by atoms with E-state index in [1.54, 1.807) is 24.3 Å². The molecule has 3 N–H and O–H groups in total. The number of amides is 2. The first kappa shape index (κ1) is 21.5. The number of carbonyl (C=O) groups is 2. The van der Waals surface area contributed by atoms with Crippen molar-refractivity contribution in [3.63, 3.8) is 0 Å². The van der Waals surface area contributed by atoms with Gasteiger partial charge in [0.25, 0.3) is 5.91 Å². The van der Waals surface area contributed by atoms with Crippen molar-refractivity contribution in [3.05, 3.63) is 59.7 Å². The van der Waals surface area contributed by atoms with Crippen LogP contribution in [0.15, 0.2) is 53.5 Å². The molecule has 2 amide bonds. The summed E-state index contributed by atoms with van der Waals surface area (Å²) < 4.78 is 5.64. The van der Waals surface area contributed by atoms with Crippen molar-refractivity contribution in [2.24, 2.45) is 4.99 Å². The number of benzene rings is 2. The number of nitrogens with one attached hydrogen (secondary N) is 3. The van der Waals surface area contributed by atoms with Crippen molar-refractivity contribution in [3.8, 4) is 0 Å². The SMILES string of the molecule is CCc1ccc(NC(=NC[C@H]2CCCO2)NC(=O)c2cccc(NC(C)=O)c2)cc1. The standard InChI is InChI=1S/C23H28N4O3/c1-3-17-9-11-19(12-10-17)26-23(24-15-21-8-5-13-30-21)27-22(29)18-6-4-7-20(14-18)25-16(2)28/h4,6-7,9-12,14,21H,3,5,8,13,15H2,1-2H3,(H,25,28)(H2,24,26,27,29)/t21-/m1/s1. The van der Waals surface area contributed by atoms with Crippen LogP contribution in [0.2, 0.25) is 0 Å². The summed E-state index contributed by atoms with van der Waals surface area (Å²) in [7, 11) is 0. The van der Waals surface area contributed by atoms with Crippen molar-refractivity contribution in [1.29, 1.82) is 0 Å². The molecule has 1 atom stereocenters. The smallest absolute Gasteiger partial charge is 0.258 e. The Morgan fingerprint density at radius 3 is 2.57 bits per heavy atom. The van der Waals surface area contributed by atoms with Crippen molar-refractivity contribution < 1.29 is 14.3 Å². The highest BCUT2D eigenvalue weighted by Gasteiger charge is 2.16. The second-order valence-corrected chi connectivity index (χ2v) is 7.22. The van der Waals surface area contributed by atoms with Crippen LogP contribution in [0.3, 0.4) is 0 Å². The number of rotatable bonds is 6. The summed E-state index contributed by atoms with van der Waals surface area (Å²) in [6.45, 7) is 4.76. The van der Waals surface area contributed by atoms with E-state index in [1.165, 1.54) is 12.5 Å². The molecule has 1 fully saturated rings. The molecule has 0 saturated carbocycles. The summed E-state index contributed by atoms with van der Waals surface area (Å²) in [6.07, 6.45) is 3.03. The van der Waals surface area contributed by atoms with Gasteiger partial charge >= 0.3 is 0 Å². The molecule has 0 spiro atoms. The molecule has 1 aliphatic heterocycles.